The average molecular weight is 195 g/mol. The van der Waals surface area contributed by atoms with Crippen molar-refractivity contribution in [3.8, 4) is 0 Å². The number of morpholine rings is 1. The molecule has 0 saturated carbocycles. The summed E-state index contributed by atoms with van der Waals surface area (Å²) in [6, 6.07) is 0.694. The van der Waals surface area contributed by atoms with E-state index in [1.54, 1.807) is 0 Å². The topological polar surface area (TPSA) is 12.5 Å². The number of ether oxygens (including phenoxy) is 1. The molecule has 0 aromatic carbocycles. The molecule has 1 unspecified atom stereocenters. The Morgan fingerprint density at radius 2 is 1.93 bits per heavy atom. The quantitative estimate of drug-likeness (QED) is 0.595. The molecular weight excluding hydrogens is 174 g/mol. The van der Waals surface area contributed by atoms with Crippen molar-refractivity contribution in [2.45, 2.75) is 38.1 Å². The van der Waals surface area contributed by atoms with Crippen LogP contribution < -0.4 is 0 Å². The lowest BCUT2D eigenvalue weighted by Crippen LogP contribution is -2.42. The Hall–Kier alpha value is -0.340. The van der Waals surface area contributed by atoms with Crippen LogP contribution in [0.4, 0.5) is 0 Å². The van der Waals surface area contributed by atoms with Crippen LogP contribution in [0, 0.1) is 0 Å². The molecule has 1 saturated heterocycles. The Bertz CT molecular complexity index is 185. The Kier molecular flexibility index (Phi) is 4.02. The Labute approximate surface area is 86.9 Å². The molecular formula is C12H21NO. The van der Waals surface area contributed by atoms with Crippen molar-refractivity contribution in [3.63, 3.8) is 0 Å². The number of allylic oxidation sites excluding steroid dienone is 1. The van der Waals surface area contributed by atoms with E-state index in [4.69, 9.17) is 4.74 Å². The zero-order valence-corrected chi connectivity index (χ0v) is 8.95. The van der Waals surface area contributed by atoms with Gasteiger partial charge in [0.2, 0.25) is 0 Å². The molecule has 80 valence electrons. The molecule has 0 bridgehead atoms. The number of rotatable bonds is 1. The van der Waals surface area contributed by atoms with Crippen LogP contribution >= 0.6 is 0 Å². The molecule has 1 fully saturated rings. The largest absolute Gasteiger partial charge is 0.379 e. The fourth-order valence-electron chi connectivity index (χ4n) is 2.36. The SMILES string of the molecule is C1=C\C(N2CCOCC2)CCCCC/1. The predicted octanol–water partition coefficient (Wildman–Crippen LogP) is 2.21. The molecule has 0 amide bonds. The summed E-state index contributed by atoms with van der Waals surface area (Å²) < 4.78 is 5.38. The molecule has 1 aliphatic carbocycles. The van der Waals surface area contributed by atoms with Gasteiger partial charge < -0.3 is 4.74 Å². The van der Waals surface area contributed by atoms with Gasteiger partial charge in [-0.1, -0.05) is 25.0 Å². The monoisotopic (exact) mass is 195 g/mol. The molecule has 0 N–H and O–H groups in total. The molecule has 0 spiro atoms. The first-order valence-corrected chi connectivity index (χ1v) is 5.95. The van der Waals surface area contributed by atoms with Gasteiger partial charge in [0.25, 0.3) is 0 Å². The van der Waals surface area contributed by atoms with Crippen molar-refractivity contribution >= 4 is 0 Å². The summed E-state index contributed by atoms with van der Waals surface area (Å²) in [5.74, 6) is 0. The summed E-state index contributed by atoms with van der Waals surface area (Å²) >= 11 is 0. The smallest absolute Gasteiger partial charge is 0.0594 e. The number of nitrogens with zero attached hydrogens (tertiary/aromatic N) is 1. The third kappa shape index (κ3) is 2.82. The highest BCUT2D eigenvalue weighted by atomic mass is 16.5. The molecule has 1 heterocycles. The van der Waals surface area contributed by atoms with Crippen LogP contribution in [0.3, 0.4) is 0 Å². The normalized spacial score (nSPS) is 33.3. The van der Waals surface area contributed by atoms with Gasteiger partial charge in [-0.05, 0) is 19.3 Å². The lowest BCUT2D eigenvalue weighted by molar-refractivity contribution is 0.0235. The highest BCUT2D eigenvalue weighted by Crippen LogP contribution is 2.17. The fourth-order valence-corrected chi connectivity index (χ4v) is 2.36. The fraction of sp³-hybridized carbons (Fsp3) is 0.833. The molecule has 0 aromatic heterocycles. The predicted molar refractivity (Wildman–Crippen MR) is 58.4 cm³/mol. The van der Waals surface area contributed by atoms with Gasteiger partial charge >= 0.3 is 0 Å². The summed E-state index contributed by atoms with van der Waals surface area (Å²) in [6.07, 6.45) is 11.6. The van der Waals surface area contributed by atoms with Gasteiger partial charge in [-0.15, -0.1) is 0 Å². The van der Waals surface area contributed by atoms with Crippen LogP contribution in [-0.4, -0.2) is 37.2 Å². The second-order valence-electron chi connectivity index (χ2n) is 4.28. The summed E-state index contributed by atoms with van der Waals surface area (Å²) in [6.45, 7) is 4.08. The summed E-state index contributed by atoms with van der Waals surface area (Å²) in [5.41, 5.74) is 0. The Morgan fingerprint density at radius 1 is 1.07 bits per heavy atom. The zero-order valence-electron chi connectivity index (χ0n) is 8.95. The molecule has 2 heteroatoms. The van der Waals surface area contributed by atoms with Crippen molar-refractivity contribution in [3.05, 3.63) is 12.2 Å². The summed E-state index contributed by atoms with van der Waals surface area (Å²) in [4.78, 5) is 2.57. The minimum Gasteiger partial charge on any atom is -0.379 e. The van der Waals surface area contributed by atoms with E-state index in [1.807, 2.05) is 0 Å². The molecule has 0 aromatic rings. The van der Waals surface area contributed by atoms with E-state index in [0.717, 1.165) is 26.3 Å². The maximum atomic E-state index is 5.38. The van der Waals surface area contributed by atoms with Gasteiger partial charge in [-0.3, -0.25) is 4.90 Å². The first-order valence-electron chi connectivity index (χ1n) is 5.95. The van der Waals surface area contributed by atoms with Gasteiger partial charge in [0, 0.05) is 19.1 Å². The summed E-state index contributed by atoms with van der Waals surface area (Å²) in [5, 5.41) is 0. The van der Waals surface area contributed by atoms with E-state index >= 15 is 0 Å². The van der Waals surface area contributed by atoms with Crippen LogP contribution in [0.25, 0.3) is 0 Å². The maximum Gasteiger partial charge on any atom is 0.0594 e. The van der Waals surface area contributed by atoms with E-state index in [1.165, 1.54) is 32.1 Å². The third-order valence-electron chi connectivity index (χ3n) is 3.24. The van der Waals surface area contributed by atoms with Gasteiger partial charge in [0.1, 0.15) is 0 Å². The maximum absolute atomic E-state index is 5.38. The lowest BCUT2D eigenvalue weighted by Gasteiger charge is -2.33. The van der Waals surface area contributed by atoms with Crippen LogP contribution in [0.2, 0.25) is 0 Å². The highest BCUT2D eigenvalue weighted by molar-refractivity contribution is 4.96. The van der Waals surface area contributed by atoms with E-state index in [2.05, 4.69) is 17.1 Å². The van der Waals surface area contributed by atoms with Crippen molar-refractivity contribution in [2.24, 2.45) is 0 Å². The minimum atomic E-state index is 0.694. The highest BCUT2D eigenvalue weighted by Gasteiger charge is 2.18. The van der Waals surface area contributed by atoms with Crippen molar-refractivity contribution in [2.75, 3.05) is 26.3 Å². The van der Waals surface area contributed by atoms with E-state index < -0.39 is 0 Å². The van der Waals surface area contributed by atoms with Gasteiger partial charge in [-0.2, -0.15) is 0 Å². The van der Waals surface area contributed by atoms with Gasteiger partial charge in [0.05, 0.1) is 13.2 Å². The van der Waals surface area contributed by atoms with Gasteiger partial charge in [-0.25, -0.2) is 0 Å². The molecule has 2 aliphatic rings. The van der Waals surface area contributed by atoms with Crippen LogP contribution in [0.1, 0.15) is 32.1 Å². The number of hydrogen-bond acceptors (Lipinski definition) is 2. The van der Waals surface area contributed by atoms with E-state index in [0.29, 0.717) is 6.04 Å². The number of hydrogen-bond donors (Lipinski definition) is 0. The van der Waals surface area contributed by atoms with Crippen LogP contribution in [0.15, 0.2) is 12.2 Å². The standard InChI is InChI=1S/C12H21NO/c1-2-4-6-12(7-5-3-1)13-8-10-14-11-9-13/h4,6,12H,1-3,5,7-11H2/b6-4-. The molecule has 2 rings (SSSR count). The second kappa shape index (κ2) is 5.52. The molecule has 2 nitrogen and oxygen atoms in total. The van der Waals surface area contributed by atoms with E-state index in [9.17, 15) is 0 Å². The van der Waals surface area contributed by atoms with Crippen molar-refractivity contribution in [1.82, 2.24) is 4.90 Å². The van der Waals surface area contributed by atoms with Crippen LogP contribution in [-0.2, 0) is 4.74 Å². The molecule has 0 radical (unpaired) electrons. The van der Waals surface area contributed by atoms with Crippen molar-refractivity contribution < 1.29 is 4.74 Å². The molecule has 1 aliphatic heterocycles. The molecule has 1 atom stereocenters. The van der Waals surface area contributed by atoms with Gasteiger partial charge in [0.15, 0.2) is 0 Å². The first-order chi connectivity index (χ1) is 6.97. The molecule has 14 heavy (non-hydrogen) atoms. The van der Waals surface area contributed by atoms with E-state index in [-0.39, 0.29) is 0 Å². The lowest BCUT2D eigenvalue weighted by atomic mass is 10.0. The van der Waals surface area contributed by atoms with Crippen LogP contribution in [0.5, 0.6) is 0 Å². The average Bonchev–Trinajstić information content (AvgIpc) is 2.18. The van der Waals surface area contributed by atoms with Crippen molar-refractivity contribution in [1.29, 1.82) is 0 Å². The minimum absolute atomic E-state index is 0.694. The third-order valence-corrected chi connectivity index (χ3v) is 3.24. The second-order valence-corrected chi connectivity index (χ2v) is 4.28. The Balaban J connectivity index is 1.88. The zero-order chi connectivity index (χ0) is 9.64. The Morgan fingerprint density at radius 3 is 2.79 bits per heavy atom. The first kappa shape index (κ1) is 10.2. The summed E-state index contributed by atoms with van der Waals surface area (Å²) in [7, 11) is 0.